The van der Waals surface area contributed by atoms with E-state index in [1.165, 1.54) is 57.6 Å². The van der Waals surface area contributed by atoms with Gasteiger partial charge in [-0.15, -0.1) is 0 Å². The summed E-state index contributed by atoms with van der Waals surface area (Å²) >= 11 is 0. The number of piperidine rings is 2. The van der Waals surface area contributed by atoms with Crippen LogP contribution in [0.2, 0.25) is 0 Å². The van der Waals surface area contributed by atoms with Crippen molar-refractivity contribution in [2.24, 2.45) is 4.99 Å². The predicted molar refractivity (Wildman–Crippen MR) is 130 cm³/mol. The van der Waals surface area contributed by atoms with Crippen molar-refractivity contribution in [1.29, 1.82) is 0 Å². The third-order valence-corrected chi connectivity index (χ3v) is 5.12. The molecular weight excluding hydrogens is 390 g/mol. The molecule has 2 saturated heterocycles. The highest BCUT2D eigenvalue weighted by molar-refractivity contribution is 5.74. The number of hydrogen-bond acceptors (Lipinski definition) is 5. The smallest absolute Gasteiger partial charge is 0.329 e. The Kier molecular flexibility index (Phi) is 14.7. The van der Waals surface area contributed by atoms with Gasteiger partial charge in [0.15, 0.2) is 0 Å². The summed E-state index contributed by atoms with van der Waals surface area (Å²) in [4.78, 5) is 24.7. The molecule has 7 heteroatoms. The van der Waals surface area contributed by atoms with Gasteiger partial charge in [0.2, 0.25) is 6.08 Å². The maximum absolute atomic E-state index is 11.7. The van der Waals surface area contributed by atoms with Crippen LogP contribution in [-0.2, 0) is 4.79 Å². The Morgan fingerprint density at radius 2 is 1.68 bits per heavy atom. The first-order valence-electron chi connectivity index (χ1n) is 12.1. The summed E-state index contributed by atoms with van der Waals surface area (Å²) in [5.74, 6) is 0. The number of carbonyl (C=O) groups excluding carboxylic acids is 2. The molecule has 0 spiro atoms. The fourth-order valence-corrected chi connectivity index (χ4v) is 3.48. The molecule has 0 bridgehead atoms. The van der Waals surface area contributed by atoms with E-state index in [0.29, 0.717) is 6.04 Å². The molecule has 0 radical (unpaired) electrons. The lowest BCUT2D eigenvalue weighted by Crippen LogP contribution is -2.56. The van der Waals surface area contributed by atoms with Gasteiger partial charge in [-0.25, -0.2) is 19.6 Å². The molecule has 7 nitrogen and oxygen atoms in total. The van der Waals surface area contributed by atoms with Gasteiger partial charge in [0.1, 0.15) is 0 Å². The van der Waals surface area contributed by atoms with Crippen molar-refractivity contribution in [2.75, 3.05) is 13.1 Å². The number of rotatable bonds is 3. The average Bonchev–Trinajstić information content (AvgIpc) is 2.67. The lowest BCUT2D eigenvalue weighted by Gasteiger charge is -2.35. The fraction of sp³-hybridized carbons (Fsp3) is 0.917. The molecule has 0 aromatic rings. The number of amides is 2. The van der Waals surface area contributed by atoms with E-state index in [2.05, 4.69) is 39.9 Å². The highest BCUT2D eigenvalue weighted by Crippen LogP contribution is 2.17. The lowest BCUT2D eigenvalue weighted by atomic mass is 10.0. The Bertz CT molecular complexity index is 527. The van der Waals surface area contributed by atoms with Gasteiger partial charge in [0, 0.05) is 24.2 Å². The molecule has 2 aliphatic rings. The maximum atomic E-state index is 11.7. The molecule has 2 aliphatic heterocycles. The van der Waals surface area contributed by atoms with Crippen LogP contribution in [0.1, 0.15) is 107 Å². The predicted octanol–water partition coefficient (Wildman–Crippen LogP) is 4.92. The van der Waals surface area contributed by atoms with Gasteiger partial charge in [-0.05, 0) is 86.6 Å². The monoisotopic (exact) mass is 439 g/mol. The molecule has 0 aromatic heterocycles. The van der Waals surface area contributed by atoms with Gasteiger partial charge in [-0.1, -0.05) is 26.7 Å². The summed E-state index contributed by atoms with van der Waals surface area (Å²) in [5, 5.41) is 8.48. The number of isocyanates is 1. The van der Waals surface area contributed by atoms with E-state index >= 15 is 0 Å². The quantitative estimate of drug-likeness (QED) is 0.430. The van der Waals surface area contributed by atoms with Crippen LogP contribution in [0.3, 0.4) is 0 Å². The summed E-state index contributed by atoms with van der Waals surface area (Å²) in [6.45, 7) is 18.1. The van der Waals surface area contributed by atoms with E-state index in [-0.39, 0.29) is 17.1 Å². The molecule has 2 rings (SSSR count). The van der Waals surface area contributed by atoms with Crippen LogP contribution < -0.4 is 16.1 Å². The van der Waals surface area contributed by atoms with Crippen LogP contribution in [0.4, 0.5) is 4.79 Å². The highest BCUT2D eigenvalue weighted by Gasteiger charge is 2.23. The van der Waals surface area contributed by atoms with Crippen molar-refractivity contribution in [2.45, 2.75) is 130 Å². The number of nitrogens with one attached hydrogen (secondary N) is 3. The molecule has 2 heterocycles. The minimum atomic E-state index is -0.248. The number of aliphatic imine (C=N–C) groups is 1. The van der Waals surface area contributed by atoms with Gasteiger partial charge >= 0.3 is 6.03 Å². The van der Waals surface area contributed by atoms with Gasteiger partial charge in [0.05, 0.1) is 5.54 Å². The van der Waals surface area contributed by atoms with E-state index in [9.17, 15) is 9.59 Å². The first-order chi connectivity index (χ1) is 14.4. The molecule has 31 heavy (non-hydrogen) atoms. The second-order valence-electron chi connectivity index (χ2n) is 10.5. The van der Waals surface area contributed by atoms with Gasteiger partial charge < -0.3 is 10.6 Å². The minimum absolute atomic E-state index is 0.0900. The Balaban J connectivity index is 0.000000499. The van der Waals surface area contributed by atoms with Gasteiger partial charge in [0.25, 0.3) is 0 Å². The summed E-state index contributed by atoms with van der Waals surface area (Å²) in [7, 11) is 0. The Hall–Kier alpha value is -1.43. The molecule has 2 fully saturated rings. The van der Waals surface area contributed by atoms with E-state index in [4.69, 9.17) is 0 Å². The van der Waals surface area contributed by atoms with Crippen LogP contribution in [-0.4, -0.2) is 53.4 Å². The molecule has 0 saturated carbocycles. The van der Waals surface area contributed by atoms with Crippen LogP contribution in [0.5, 0.6) is 0 Å². The molecule has 2 amide bonds. The van der Waals surface area contributed by atoms with E-state index in [0.717, 1.165) is 19.0 Å². The van der Waals surface area contributed by atoms with Crippen molar-refractivity contribution in [3.63, 3.8) is 0 Å². The Morgan fingerprint density at radius 1 is 1.03 bits per heavy atom. The summed E-state index contributed by atoms with van der Waals surface area (Å²) in [5.41, 5.74) is 2.53. The molecular formula is C24H49N5O2. The number of nitrogens with zero attached hydrogens (tertiary/aromatic N) is 2. The van der Waals surface area contributed by atoms with Crippen molar-refractivity contribution in [1.82, 2.24) is 21.1 Å². The number of urea groups is 1. The maximum Gasteiger partial charge on any atom is 0.329 e. The van der Waals surface area contributed by atoms with Crippen molar-refractivity contribution < 1.29 is 9.59 Å². The molecule has 3 N–H and O–H groups in total. The summed E-state index contributed by atoms with van der Waals surface area (Å²) in [6, 6.07) is 1.25. The normalized spacial score (nSPS) is 21.9. The fourth-order valence-electron chi connectivity index (χ4n) is 3.48. The third-order valence-electron chi connectivity index (χ3n) is 5.12. The highest BCUT2D eigenvalue weighted by atomic mass is 16.2. The van der Waals surface area contributed by atoms with Crippen LogP contribution in [0.25, 0.3) is 0 Å². The third kappa shape index (κ3) is 16.9. The minimum Gasteiger partial charge on any atom is -0.332 e. The van der Waals surface area contributed by atoms with E-state index < -0.39 is 0 Å². The molecule has 0 aliphatic carbocycles. The molecule has 182 valence electrons. The zero-order valence-electron chi connectivity index (χ0n) is 21.4. The second-order valence-corrected chi connectivity index (χ2v) is 10.5. The van der Waals surface area contributed by atoms with Gasteiger partial charge in [-0.2, -0.15) is 0 Å². The summed E-state index contributed by atoms with van der Waals surface area (Å²) < 4.78 is 0. The molecule has 2 atom stereocenters. The SMILES string of the molecule is CC(C)(C)N=C=O.CCC1CCCCN1.CCC1CCCCN1NC(=O)NC(C)(C)C. The zero-order valence-corrected chi connectivity index (χ0v) is 21.4. The van der Waals surface area contributed by atoms with Gasteiger partial charge in [-0.3, -0.25) is 5.43 Å². The average molecular weight is 440 g/mol. The van der Waals surface area contributed by atoms with Crippen molar-refractivity contribution in [3.8, 4) is 0 Å². The molecule has 2 unspecified atom stereocenters. The Labute approximate surface area is 191 Å². The summed E-state index contributed by atoms with van der Waals surface area (Å²) in [6.07, 6.45) is 11.7. The topological polar surface area (TPSA) is 85.8 Å². The van der Waals surface area contributed by atoms with Crippen LogP contribution >= 0.6 is 0 Å². The number of hydrazine groups is 1. The first kappa shape index (κ1) is 29.6. The largest absolute Gasteiger partial charge is 0.332 e. The van der Waals surface area contributed by atoms with Crippen LogP contribution in [0, 0.1) is 0 Å². The molecule has 0 aromatic carbocycles. The standard InChI is InChI=1S/C12H25N3O.C7H15N.C5H9NO/c1-5-10-8-6-7-9-15(10)14-11(16)13-12(2,3)4;1-2-7-5-3-4-6-8-7;1-5(2,3)6-4-7/h10H,5-9H2,1-4H3,(H2,13,14,16);7-8H,2-6H2,1H3;1-3H3. The van der Waals surface area contributed by atoms with Crippen molar-refractivity contribution in [3.05, 3.63) is 0 Å². The van der Waals surface area contributed by atoms with Crippen molar-refractivity contribution >= 4 is 12.1 Å². The van der Waals surface area contributed by atoms with E-state index in [1.807, 2.05) is 41.5 Å². The Morgan fingerprint density at radius 3 is 2.06 bits per heavy atom. The number of hydrogen-bond donors (Lipinski definition) is 3. The zero-order chi connectivity index (χ0) is 23.9. The number of carbonyl (C=O) groups is 1. The van der Waals surface area contributed by atoms with Crippen LogP contribution in [0.15, 0.2) is 4.99 Å². The second kappa shape index (κ2) is 15.4. The first-order valence-corrected chi connectivity index (χ1v) is 12.1. The lowest BCUT2D eigenvalue weighted by molar-refractivity contribution is 0.0924. The van der Waals surface area contributed by atoms with E-state index in [1.54, 1.807) is 0 Å².